The summed E-state index contributed by atoms with van der Waals surface area (Å²) in [5.74, 6) is -0.330. The second kappa shape index (κ2) is 12.1. The van der Waals surface area contributed by atoms with Gasteiger partial charge in [-0.25, -0.2) is 13.2 Å². The van der Waals surface area contributed by atoms with Gasteiger partial charge in [0.05, 0.1) is 4.90 Å². The number of carbonyl (C=O) groups is 2. The van der Waals surface area contributed by atoms with Crippen LogP contribution in [0.5, 0.6) is 0 Å². The van der Waals surface area contributed by atoms with Crippen LogP contribution in [0.25, 0.3) is 22.0 Å². The van der Waals surface area contributed by atoms with Crippen LogP contribution in [0.1, 0.15) is 64.0 Å². The lowest BCUT2D eigenvalue weighted by Gasteiger charge is -2.29. The molecule has 2 heterocycles. The van der Waals surface area contributed by atoms with E-state index < -0.39 is 15.6 Å². The summed E-state index contributed by atoms with van der Waals surface area (Å²) in [6.07, 6.45) is 1.89. The summed E-state index contributed by atoms with van der Waals surface area (Å²) >= 11 is 0. The normalized spacial score (nSPS) is 14.2. The maximum absolute atomic E-state index is 13.7. The summed E-state index contributed by atoms with van der Waals surface area (Å²) in [7, 11) is -3.86. The molecule has 0 fully saturated rings. The first-order valence-electron chi connectivity index (χ1n) is 14.9. The lowest BCUT2D eigenvalue weighted by molar-refractivity contribution is 0.0265. The van der Waals surface area contributed by atoms with Gasteiger partial charge in [0, 0.05) is 47.4 Å². The molecule has 236 valence electrons. The van der Waals surface area contributed by atoms with E-state index in [1.54, 1.807) is 35.2 Å². The van der Waals surface area contributed by atoms with Crippen molar-refractivity contribution in [1.29, 1.82) is 0 Å². The zero-order valence-electron chi connectivity index (χ0n) is 26.5. The highest BCUT2D eigenvalue weighted by Crippen LogP contribution is 2.35. The zero-order valence-corrected chi connectivity index (χ0v) is 27.3. The molecule has 45 heavy (non-hydrogen) atoms. The average molecular weight is 629 g/mol. The largest absolute Gasteiger partial charge is 0.444 e. The van der Waals surface area contributed by atoms with Crippen molar-refractivity contribution in [2.75, 3.05) is 17.8 Å². The van der Waals surface area contributed by atoms with Gasteiger partial charge in [0.15, 0.2) is 0 Å². The third-order valence-electron chi connectivity index (χ3n) is 7.51. The van der Waals surface area contributed by atoms with Crippen molar-refractivity contribution in [2.24, 2.45) is 0 Å². The van der Waals surface area contributed by atoms with Crippen LogP contribution in [0.4, 0.5) is 10.5 Å². The summed E-state index contributed by atoms with van der Waals surface area (Å²) in [4.78, 5) is 31.1. The average Bonchev–Trinajstić information content (AvgIpc) is 3.35. The molecule has 1 aliphatic rings. The number of hydrogen-bond acceptors (Lipinski definition) is 5. The summed E-state index contributed by atoms with van der Waals surface area (Å²) in [5, 5.41) is 3.70. The Balaban J connectivity index is 1.42. The number of nitrogens with one attached hydrogen (secondary N) is 3. The fourth-order valence-electron chi connectivity index (χ4n) is 5.16. The Kier molecular flexibility index (Phi) is 8.55. The lowest BCUT2D eigenvalue weighted by atomic mass is 9.87. The van der Waals surface area contributed by atoms with Crippen LogP contribution in [0, 0.1) is 0 Å². The Morgan fingerprint density at radius 1 is 0.911 bits per heavy atom. The summed E-state index contributed by atoms with van der Waals surface area (Å²) in [5.41, 5.74) is 3.95. The Morgan fingerprint density at radius 2 is 1.60 bits per heavy atom. The Hall–Kier alpha value is -4.57. The number of sulfonamides is 1. The van der Waals surface area contributed by atoms with Crippen molar-refractivity contribution < 1.29 is 22.7 Å². The molecule has 1 aliphatic heterocycles. The number of benzene rings is 3. The van der Waals surface area contributed by atoms with Crippen molar-refractivity contribution in [3.8, 4) is 11.1 Å². The van der Waals surface area contributed by atoms with Gasteiger partial charge in [-0.1, -0.05) is 63.2 Å². The quantitative estimate of drug-likeness (QED) is 0.209. The number of aromatic nitrogens is 1. The molecule has 0 bridgehead atoms. The number of ether oxygens (including phenoxy) is 1. The maximum Gasteiger partial charge on any atom is 0.410 e. The second-order valence-corrected chi connectivity index (χ2v) is 14.9. The molecule has 5 rings (SSSR count). The molecular weight excluding hydrogens is 588 g/mol. The molecule has 0 radical (unpaired) electrons. The van der Waals surface area contributed by atoms with Gasteiger partial charge in [-0.2, -0.15) is 0 Å². The highest BCUT2D eigenvalue weighted by atomic mass is 32.2. The van der Waals surface area contributed by atoms with E-state index in [1.807, 2.05) is 69.3 Å². The van der Waals surface area contributed by atoms with Crippen molar-refractivity contribution in [2.45, 2.75) is 63.9 Å². The molecular formula is C35H40N4O5S. The molecule has 3 N–H and O–H groups in total. The molecule has 1 aromatic heterocycles. The van der Waals surface area contributed by atoms with Crippen LogP contribution in [0.15, 0.2) is 89.5 Å². The number of anilines is 1. The van der Waals surface area contributed by atoms with Gasteiger partial charge < -0.3 is 19.9 Å². The van der Waals surface area contributed by atoms with Crippen LogP contribution in [0.2, 0.25) is 0 Å². The van der Waals surface area contributed by atoms with E-state index >= 15 is 0 Å². The van der Waals surface area contributed by atoms with Gasteiger partial charge in [-0.15, -0.1) is 0 Å². The number of amides is 2. The van der Waals surface area contributed by atoms with E-state index in [1.165, 1.54) is 0 Å². The van der Waals surface area contributed by atoms with Gasteiger partial charge >= 0.3 is 6.09 Å². The summed E-state index contributed by atoms with van der Waals surface area (Å²) in [6, 6.07) is 21.6. The number of aromatic amines is 1. The Morgan fingerprint density at radius 3 is 2.20 bits per heavy atom. The highest BCUT2D eigenvalue weighted by molar-refractivity contribution is 7.92. The molecule has 0 spiro atoms. The SMILES string of the molecule is CC(C)(C)OC(=O)N1CC=C(NC(=O)c2[nH]c3ccc(NS(=O)(=O)c4ccc(C(C)(C)C)cc4)cc3c2-c2ccccc2)CC1. The molecule has 3 aromatic carbocycles. The van der Waals surface area contributed by atoms with Gasteiger partial charge in [0.1, 0.15) is 11.3 Å². The van der Waals surface area contributed by atoms with E-state index in [9.17, 15) is 18.0 Å². The van der Waals surface area contributed by atoms with Crippen molar-refractivity contribution in [3.63, 3.8) is 0 Å². The summed E-state index contributed by atoms with van der Waals surface area (Å²) < 4.78 is 34.8. The molecule has 10 heteroatoms. The van der Waals surface area contributed by atoms with Gasteiger partial charge in [-0.3, -0.25) is 9.52 Å². The number of carbonyl (C=O) groups excluding carboxylic acids is 2. The molecule has 0 unspecified atom stereocenters. The Labute approximate surface area is 264 Å². The van der Waals surface area contributed by atoms with Crippen molar-refractivity contribution in [1.82, 2.24) is 15.2 Å². The number of fused-ring (bicyclic) bond motifs is 1. The monoisotopic (exact) mass is 628 g/mol. The number of hydrogen-bond donors (Lipinski definition) is 3. The minimum absolute atomic E-state index is 0.0964. The highest BCUT2D eigenvalue weighted by Gasteiger charge is 2.26. The molecule has 0 atom stereocenters. The van der Waals surface area contributed by atoms with Crippen LogP contribution in [0.3, 0.4) is 0 Å². The molecule has 4 aromatic rings. The number of nitrogens with zero attached hydrogens (tertiary/aromatic N) is 1. The number of rotatable bonds is 6. The molecule has 2 amide bonds. The summed E-state index contributed by atoms with van der Waals surface area (Å²) in [6.45, 7) is 12.4. The maximum atomic E-state index is 13.7. The van der Waals surface area contributed by atoms with Crippen LogP contribution < -0.4 is 10.0 Å². The zero-order chi connectivity index (χ0) is 32.6. The predicted octanol–water partition coefficient (Wildman–Crippen LogP) is 7.19. The standard InChI is InChI=1S/C35H40N4O5S/c1-34(2,3)24-12-15-27(16-13-24)45(42,43)38-26-14-17-29-28(22-26)30(23-10-8-7-9-11-23)31(37-29)32(40)36-25-18-20-39(21-19-25)33(41)44-35(4,5)6/h7-18,22,37-38H,19-21H2,1-6H3,(H,36,40). The van der Waals surface area contributed by atoms with E-state index in [-0.39, 0.29) is 22.3 Å². The van der Waals surface area contributed by atoms with E-state index in [2.05, 4.69) is 35.8 Å². The van der Waals surface area contributed by atoms with Crippen LogP contribution in [-0.4, -0.2) is 49.0 Å². The minimum Gasteiger partial charge on any atom is -0.444 e. The van der Waals surface area contributed by atoms with Crippen molar-refractivity contribution in [3.05, 3.63) is 95.8 Å². The van der Waals surface area contributed by atoms with Crippen LogP contribution in [-0.2, 0) is 20.2 Å². The first kappa shape index (κ1) is 31.8. The van der Waals surface area contributed by atoms with Gasteiger partial charge in [-0.05, 0) is 73.7 Å². The van der Waals surface area contributed by atoms with Gasteiger partial charge in [0.25, 0.3) is 15.9 Å². The third-order valence-corrected chi connectivity index (χ3v) is 8.90. The van der Waals surface area contributed by atoms with E-state index in [0.29, 0.717) is 53.1 Å². The predicted molar refractivity (Wildman–Crippen MR) is 178 cm³/mol. The Bertz CT molecular complexity index is 1860. The topological polar surface area (TPSA) is 121 Å². The molecule has 0 saturated carbocycles. The molecule has 0 aliphatic carbocycles. The fourth-order valence-corrected chi connectivity index (χ4v) is 6.21. The smallest absolute Gasteiger partial charge is 0.410 e. The third kappa shape index (κ3) is 7.39. The molecule has 0 saturated heterocycles. The fraction of sp³-hybridized carbons (Fsp3) is 0.314. The molecule has 9 nitrogen and oxygen atoms in total. The van der Waals surface area contributed by atoms with E-state index in [0.717, 1.165) is 11.1 Å². The second-order valence-electron chi connectivity index (χ2n) is 13.2. The minimum atomic E-state index is -3.86. The lowest BCUT2D eigenvalue weighted by Crippen LogP contribution is -2.41. The number of H-pyrrole nitrogens is 1. The first-order chi connectivity index (χ1) is 21.1. The van der Waals surface area contributed by atoms with Crippen molar-refractivity contribution >= 4 is 38.6 Å². The van der Waals surface area contributed by atoms with Gasteiger partial charge in [0.2, 0.25) is 0 Å². The van der Waals surface area contributed by atoms with E-state index in [4.69, 9.17) is 4.74 Å². The van der Waals surface area contributed by atoms with Crippen LogP contribution >= 0.6 is 0 Å². The first-order valence-corrected chi connectivity index (χ1v) is 16.4.